The van der Waals surface area contributed by atoms with Crippen LogP contribution in [0.5, 0.6) is 0 Å². The molecular weight excluding hydrogens is 278 g/mol. The largest absolute Gasteiger partial charge is 0.394 e. The summed E-state index contributed by atoms with van der Waals surface area (Å²) in [5.41, 5.74) is 0.773. The van der Waals surface area contributed by atoms with E-state index < -0.39 is 37.3 Å². The Balaban J connectivity index is 1.83. The maximum absolute atomic E-state index is 9.94. The summed E-state index contributed by atoms with van der Waals surface area (Å²) in [6.07, 6.45) is -4.81. The van der Waals surface area contributed by atoms with Gasteiger partial charge in [-0.15, -0.1) is 0 Å². The van der Waals surface area contributed by atoms with Crippen molar-refractivity contribution in [1.82, 2.24) is 4.73 Å². The summed E-state index contributed by atoms with van der Waals surface area (Å²) < 4.78 is 6.72. The number of hydrogen-bond donors (Lipinski definition) is 4. The molecule has 0 bridgehead atoms. The van der Waals surface area contributed by atoms with Crippen molar-refractivity contribution < 1.29 is 30.0 Å². The van der Waals surface area contributed by atoms with Crippen LogP contribution in [0.4, 0.5) is 0 Å². The Morgan fingerprint density at radius 2 is 1.81 bits per heavy atom. The van der Waals surface area contributed by atoms with Crippen molar-refractivity contribution in [3.63, 3.8) is 0 Å². The molecular formula is C14H17NO6. The van der Waals surface area contributed by atoms with E-state index in [1.54, 1.807) is 6.20 Å². The van der Waals surface area contributed by atoms with Gasteiger partial charge in [-0.25, -0.2) is 0 Å². The Morgan fingerprint density at radius 1 is 1.05 bits per heavy atom. The van der Waals surface area contributed by atoms with Crippen LogP contribution in [0.15, 0.2) is 36.5 Å². The van der Waals surface area contributed by atoms with Crippen LogP contribution in [-0.2, 0) is 4.74 Å². The monoisotopic (exact) mass is 295 g/mol. The van der Waals surface area contributed by atoms with Gasteiger partial charge in [0.2, 0.25) is 0 Å². The zero-order valence-corrected chi connectivity index (χ0v) is 11.1. The molecule has 1 saturated heterocycles. The molecule has 0 saturated carbocycles. The molecule has 0 amide bonds. The van der Waals surface area contributed by atoms with Crippen LogP contribution < -0.4 is 4.84 Å². The number of fused-ring (bicyclic) bond motifs is 1. The van der Waals surface area contributed by atoms with Gasteiger partial charge in [0.05, 0.1) is 12.1 Å². The van der Waals surface area contributed by atoms with Crippen LogP contribution in [0, 0.1) is 0 Å². The van der Waals surface area contributed by atoms with Crippen LogP contribution in [0.1, 0.15) is 0 Å². The number of para-hydroxylation sites is 1. The second-order valence-electron chi connectivity index (χ2n) is 5.00. The summed E-state index contributed by atoms with van der Waals surface area (Å²) in [7, 11) is 0. The fourth-order valence-corrected chi connectivity index (χ4v) is 2.42. The van der Waals surface area contributed by atoms with Crippen LogP contribution >= 0.6 is 0 Å². The van der Waals surface area contributed by atoms with Crippen LogP contribution in [0.2, 0.25) is 0 Å². The Bertz CT molecular complexity index is 612. The summed E-state index contributed by atoms with van der Waals surface area (Å²) in [6.45, 7) is -0.489. The zero-order chi connectivity index (χ0) is 15.0. The van der Waals surface area contributed by atoms with E-state index in [1.807, 2.05) is 30.3 Å². The Hall–Kier alpha value is -1.64. The minimum absolute atomic E-state index is 0.489. The van der Waals surface area contributed by atoms with Crippen LogP contribution in [-0.4, -0.2) is 62.5 Å². The number of aliphatic hydroxyl groups excluding tert-OH is 4. The average molecular weight is 295 g/mol. The first-order chi connectivity index (χ1) is 10.1. The predicted molar refractivity (Wildman–Crippen MR) is 72.3 cm³/mol. The van der Waals surface area contributed by atoms with Crippen molar-refractivity contribution in [3.05, 3.63) is 36.5 Å². The fourth-order valence-electron chi connectivity index (χ4n) is 2.42. The first kappa shape index (κ1) is 14.3. The standard InChI is InChI=1S/C14H17NO6/c16-7-10-11(17)12(18)13(19)14(20-10)21-15-6-5-8-3-1-2-4-9(8)15/h1-6,10-14,16-19H,7H2/t10-,11-,12-,13-,14+/m1/s1. The molecule has 2 heterocycles. The first-order valence-corrected chi connectivity index (χ1v) is 6.65. The summed E-state index contributed by atoms with van der Waals surface area (Å²) in [4.78, 5) is 5.53. The third-order valence-corrected chi connectivity index (χ3v) is 3.63. The highest BCUT2D eigenvalue weighted by atomic mass is 16.8. The second kappa shape index (κ2) is 5.63. The van der Waals surface area contributed by atoms with Gasteiger partial charge in [-0.05, 0) is 12.1 Å². The summed E-state index contributed by atoms with van der Waals surface area (Å²) in [5.74, 6) is 0. The Labute approximate surface area is 120 Å². The van der Waals surface area contributed by atoms with Crippen molar-refractivity contribution in [1.29, 1.82) is 0 Å². The number of benzene rings is 1. The van der Waals surface area contributed by atoms with E-state index in [9.17, 15) is 15.3 Å². The average Bonchev–Trinajstić information content (AvgIpc) is 2.91. The SMILES string of the molecule is OC[C@H]1O[C@@H](On2ccc3ccccc32)[C@H](O)[C@H](O)[C@@H]1O. The van der Waals surface area contributed by atoms with Crippen molar-refractivity contribution >= 4 is 10.9 Å². The molecule has 5 atom stereocenters. The lowest BCUT2D eigenvalue weighted by Crippen LogP contribution is -2.61. The molecule has 7 nitrogen and oxygen atoms in total. The highest BCUT2D eigenvalue weighted by Crippen LogP contribution is 2.22. The molecule has 3 rings (SSSR count). The quantitative estimate of drug-likeness (QED) is 0.571. The maximum atomic E-state index is 9.94. The van der Waals surface area contributed by atoms with E-state index in [1.165, 1.54) is 4.73 Å². The van der Waals surface area contributed by atoms with Crippen molar-refractivity contribution in [2.75, 3.05) is 6.61 Å². The molecule has 0 aliphatic carbocycles. The van der Waals surface area contributed by atoms with Gasteiger partial charge >= 0.3 is 0 Å². The van der Waals surface area contributed by atoms with E-state index >= 15 is 0 Å². The predicted octanol–water partition coefficient (Wildman–Crippen LogP) is -1.13. The number of nitrogens with zero attached hydrogens (tertiary/aromatic N) is 1. The van der Waals surface area contributed by atoms with E-state index in [-0.39, 0.29) is 0 Å². The first-order valence-electron chi connectivity index (χ1n) is 6.65. The summed E-state index contributed by atoms with van der Waals surface area (Å²) in [6, 6.07) is 9.30. The van der Waals surface area contributed by atoms with Crippen LogP contribution in [0.25, 0.3) is 10.9 Å². The number of hydrogen-bond acceptors (Lipinski definition) is 6. The molecule has 0 radical (unpaired) electrons. The van der Waals surface area contributed by atoms with Gasteiger partial charge in [0, 0.05) is 11.6 Å². The van der Waals surface area contributed by atoms with Gasteiger partial charge < -0.3 is 30.0 Å². The summed E-state index contributed by atoms with van der Waals surface area (Å²) in [5, 5.41) is 39.5. The number of aromatic nitrogens is 1. The van der Waals surface area contributed by atoms with Crippen molar-refractivity contribution in [2.45, 2.75) is 30.7 Å². The molecule has 1 aliphatic rings. The normalized spacial score (nSPS) is 33.2. The molecule has 2 aromatic rings. The fraction of sp³-hybridized carbons (Fsp3) is 0.429. The van der Waals surface area contributed by atoms with Gasteiger partial charge in [0.25, 0.3) is 6.29 Å². The Morgan fingerprint density at radius 3 is 2.57 bits per heavy atom. The molecule has 1 aromatic heterocycles. The number of aliphatic hydroxyl groups is 4. The van der Waals surface area contributed by atoms with Gasteiger partial charge in [0.15, 0.2) is 0 Å². The highest BCUT2D eigenvalue weighted by Gasteiger charge is 2.45. The van der Waals surface area contributed by atoms with Gasteiger partial charge in [-0.1, -0.05) is 18.2 Å². The Kier molecular flexibility index (Phi) is 3.83. The van der Waals surface area contributed by atoms with E-state index in [4.69, 9.17) is 14.7 Å². The van der Waals surface area contributed by atoms with Crippen molar-refractivity contribution in [2.24, 2.45) is 0 Å². The zero-order valence-electron chi connectivity index (χ0n) is 11.1. The molecule has 4 N–H and O–H groups in total. The highest BCUT2D eigenvalue weighted by molar-refractivity contribution is 5.79. The molecule has 21 heavy (non-hydrogen) atoms. The van der Waals surface area contributed by atoms with Crippen molar-refractivity contribution in [3.8, 4) is 0 Å². The minimum atomic E-state index is -1.46. The second-order valence-corrected chi connectivity index (χ2v) is 5.00. The lowest BCUT2D eigenvalue weighted by Gasteiger charge is -2.39. The number of ether oxygens (including phenoxy) is 1. The van der Waals surface area contributed by atoms with E-state index in [2.05, 4.69) is 0 Å². The summed E-state index contributed by atoms with van der Waals surface area (Å²) >= 11 is 0. The lowest BCUT2D eigenvalue weighted by molar-refractivity contribution is -0.299. The molecule has 114 valence electrons. The van der Waals surface area contributed by atoms with Gasteiger partial charge in [0.1, 0.15) is 24.4 Å². The molecule has 1 fully saturated rings. The van der Waals surface area contributed by atoms with E-state index in [0.717, 1.165) is 10.9 Å². The van der Waals surface area contributed by atoms with Gasteiger partial charge in [-0.3, -0.25) is 0 Å². The molecule has 0 spiro atoms. The molecule has 1 aliphatic heterocycles. The third-order valence-electron chi connectivity index (χ3n) is 3.63. The maximum Gasteiger partial charge on any atom is 0.254 e. The third kappa shape index (κ3) is 2.50. The van der Waals surface area contributed by atoms with Crippen LogP contribution in [0.3, 0.4) is 0 Å². The van der Waals surface area contributed by atoms with E-state index in [0.29, 0.717) is 0 Å². The lowest BCUT2D eigenvalue weighted by atomic mass is 9.99. The van der Waals surface area contributed by atoms with Gasteiger partial charge in [-0.2, -0.15) is 4.73 Å². The number of rotatable bonds is 3. The molecule has 1 aromatic carbocycles. The minimum Gasteiger partial charge on any atom is -0.394 e. The topological polar surface area (TPSA) is 104 Å². The molecule has 7 heteroatoms. The molecule has 0 unspecified atom stereocenters. The smallest absolute Gasteiger partial charge is 0.254 e.